The molecule has 0 unspecified atom stereocenters. The van der Waals surface area contributed by atoms with Crippen molar-refractivity contribution in [1.29, 1.82) is 0 Å². The maximum absolute atomic E-state index is 13.7. The van der Waals surface area contributed by atoms with Crippen LogP contribution >= 0.6 is 11.8 Å². The van der Waals surface area contributed by atoms with Gasteiger partial charge in [0.1, 0.15) is 5.82 Å². The number of benzene rings is 1. The van der Waals surface area contributed by atoms with Crippen LogP contribution in [0.4, 0.5) is 10.3 Å². The van der Waals surface area contributed by atoms with Gasteiger partial charge >= 0.3 is 6.01 Å². The highest BCUT2D eigenvalue weighted by atomic mass is 32.2. The first-order chi connectivity index (χ1) is 10.2. The van der Waals surface area contributed by atoms with Gasteiger partial charge < -0.3 is 10.1 Å². The van der Waals surface area contributed by atoms with E-state index in [1.54, 1.807) is 18.2 Å². The summed E-state index contributed by atoms with van der Waals surface area (Å²) in [6.45, 7) is 5.11. The summed E-state index contributed by atoms with van der Waals surface area (Å²) in [5, 5.41) is 3.48. The van der Waals surface area contributed by atoms with Crippen molar-refractivity contribution >= 4 is 17.7 Å². The highest BCUT2D eigenvalue weighted by molar-refractivity contribution is 7.99. The highest BCUT2D eigenvalue weighted by Gasteiger charge is 2.10. The number of ether oxygens (including phenoxy) is 1. The molecule has 2 rings (SSSR count). The minimum absolute atomic E-state index is 0.241. The third-order valence-electron chi connectivity index (χ3n) is 2.44. The summed E-state index contributed by atoms with van der Waals surface area (Å²) in [6, 6.07) is 6.75. The predicted molar refractivity (Wildman–Crippen MR) is 80.3 cm³/mol. The molecule has 0 amide bonds. The Labute approximate surface area is 127 Å². The monoisotopic (exact) mass is 308 g/mol. The number of hydrogen-bond donors (Lipinski definition) is 1. The summed E-state index contributed by atoms with van der Waals surface area (Å²) in [5.74, 6) is 0.137. The Hall–Kier alpha value is -1.89. The second kappa shape index (κ2) is 7.78. The number of halogens is 1. The lowest BCUT2D eigenvalue weighted by molar-refractivity contribution is 0.308. The third kappa shape index (κ3) is 4.56. The van der Waals surface area contributed by atoms with Gasteiger partial charge in [-0.3, -0.25) is 0 Å². The Kier molecular flexibility index (Phi) is 5.74. The summed E-state index contributed by atoms with van der Waals surface area (Å²) in [4.78, 5) is 13.1. The van der Waals surface area contributed by atoms with Gasteiger partial charge in [-0.25, -0.2) is 4.39 Å². The molecule has 0 saturated heterocycles. The van der Waals surface area contributed by atoms with Crippen LogP contribution in [0.15, 0.2) is 34.3 Å². The van der Waals surface area contributed by atoms with Crippen molar-refractivity contribution in [3.05, 3.63) is 30.1 Å². The van der Waals surface area contributed by atoms with Gasteiger partial charge in [0.25, 0.3) is 0 Å². The number of nitrogens with one attached hydrogen (secondary N) is 1. The topological polar surface area (TPSA) is 59.9 Å². The molecule has 0 aliphatic rings. The van der Waals surface area contributed by atoms with Crippen LogP contribution in [0, 0.1) is 5.82 Å². The smallest absolute Gasteiger partial charge is 0.322 e. The quantitative estimate of drug-likeness (QED) is 0.846. The van der Waals surface area contributed by atoms with Crippen LogP contribution in [0.1, 0.15) is 20.3 Å². The van der Waals surface area contributed by atoms with Crippen LogP contribution in [-0.2, 0) is 0 Å². The van der Waals surface area contributed by atoms with Gasteiger partial charge in [0, 0.05) is 6.54 Å². The Bertz CT molecular complexity index is 597. The molecule has 0 atom stereocenters. The van der Waals surface area contributed by atoms with E-state index in [0.29, 0.717) is 22.6 Å². The lowest BCUT2D eigenvalue weighted by Gasteiger charge is -2.08. The predicted octanol–water partition coefficient (Wildman–Crippen LogP) is 3.38. The van der Waals surface area contributed by atoms with E-state index in [-0.39, 0.29) is 11.8 Å². The minimum Gasteiger partial charge on any atom is -0.464 e. The van der Waals surface area contributed by atoms with Crippen molar-refractivity contribution < 1.29 is 9.13 Å². The van der Waals surface area contributed by atoms with Crippen molar-refractivity contribution in [3.63, 3.8) is 0 Å². The van der Waals surface area contributed by atoms with E-state index in [1.165, 1.54) is 6.07 Å². The molecule has 0 bridgehead atoms. The number of aromatic nitrogens is 3. The largest absolute Gasteiger partial charge is 0.464 e. The second-order valence-electron chi connectivity index (χ2n) is 4.12. The zero-order valence-corrected chi connectivity index (χ0v) is 12.8. The zero-order chi connectivity index (χ0) is 15.1. The zero-order valence-electron chi connectivity index (χ0n) is 12.0. The Morgan fingerprint density at radius 3 is 2.71 bits per heavy atom. The second-order valence-corrected chi connectivity index (χ2v) is 5.13. The van der Waals surface area contributed by atoms with Crippen LogP contribution in [-0.4, -0.2) is 28.1 Å². The number of anilines is 1. The molecule has 1 N–H and O–H groups in total. The van der Waals surface area contributed by atoms with Gasteiger partial charge in [-0.1, -0.05) is 19.1 Å². The van der Waals surface area contributed by atoms with Crippen LogP contribution < -0.4 is 10.1 Å². The summed E-state index contributed by atoms with van der Waals surface area (Å²) >= 11 is 1.14. The van der Waals surface area contributed by atoms with Gasteiger partial charge in [0.15, 0.2) is 0 Å². The van der Waals surface area contributed by atoms with E-state index in [9.17, 15) is 4.39 Å². The Morgan fingerprint density at radius 2 is 2.00 bits per heavy atom. The molecule has 0 aliphatic heterocycles. The molecule has 1 aromatic carbocycles. The molecule has 21 heavy (non-hydrogen) atoms. The molecule has 1 aromatic heterocycles. The molecule has 0 radical (unpaired) electrons. The minimum atomic E-state index is -0.302. The summed E-state index contributed by atoms with van der Waals surface area (Å²) in [6.07, 6.45) is 0.950. The first kappa shape index (κ1) is 15.5. The average molecular weight is 308 g/mol. The average Bonchev–Trinajstić information content (AvgIpc) is 2.48. The molecular weight excluding hydrogens is 291 g/mol. The normalized spacial score (nSPS) is 10.4. The molecule has 1 heterocycles. The Balaban J connectivity index is 2.24. The van der Waals surface area contributed by atoms with Crippen LogP contribution in [0.25, 0.3) is 0 Å². The molecule has 0 spiro atoms. The SMILES string of the molecule is CCCNc1nc(OCC)nc(Sc2ccccc2F)n1. The standard InChI is InChI=1S/C14H17FN4OS/c1-3-9-16-12-17-13(20-4-2)19-14(18-12)21-11-8-6-5-7-10(11)15/h5-8H,3-4,9H2,1-2H3,(H,16,17,18,19). The lowest BCUT2D eigenvalue weighted by atomic mass is 10.4. The first-order valence-corrected chi connectivity index (χ1v) is 7.59. The van der Waals surface area contributed by atoms with E-state index in [4.69, 9.17) is 4.74 Å². The lowest BCUT2D eigenvalue weighted by Crippen LogP contribution is -2.08. The summed E-state index contributed by atoms with van der Waals surface area (Å²) in [7, 11) is 0. The van der Waals surface area contributed by atoms with Crippen LogP contribution in [0.2, 0.25) is 0 Å². The van der Waals surface area contributed by atoms with Gasteiger partial charge in [-0.2, -0.15) is 15.0 Å². The van der Waals surface area contributed by atoms with Gasteiger partial charge in [0.2, 0.25) is 11.1 Å². The van der Waals surface area contributed by atoms with E-state index in [2.05, 4.69) is 20.3 Å². The van der Waals surface area contributed by atoms with Crippen molar-refractivity contribution in [2.24, 2.45) is 0 Å². The molecule has 2 aromatic rings. The van der Waals surface area contributed by atoms with E-state index in [0.717, 1.165) is 24.7 Å². The van der Waals surface area contributed by atoms with Crippen molar-refractivity contribution in [1.82, 2.24) is 15.0 Å². The molecule has 7 heteroatoms. The fraction of sp³-hybridized carbons (Fsp3) is 0.357. The van der Waals surface area contributed by atoms with Gasteiger partial charge in [-0.05, 0) is 37.2 Å². The molecule has 0 aliphatic carbocycles. The van der Waals surface area contributed by atoms with E-state index in [1.807, 2.05) is 13.8 Å². The van der Waals surface area contributed by atoms with Crippen LogP contribution in [0.5, 0.6) is 6.01 Å². The summed E-state index contributed by atoms with van der Waals surface area (Å²) < 4.78 is 19.0. The molecule has 112 valence electrons. The maximum Gasteiger partial charge on any atom is 0.322 e. The summed E-state index contributed by atoms with van der Waals surface area (Å²) in [5.41, 5.74) is 0. The number of rotatable bonds is 7. The fourth-order valence-corrected chi connectivity index (χ4v) is 2.28. The molecule has 5 nitrogen and oxygen atoms in total. The fourth-order valence-electron chi connectivity index (χ4n) is 1.52. The maximum atomic E-state index is 13.7. The van der Waals surface area contributed by atoms with Crippen molar-refractivity contribution in [2.45, 2.75) is 30.3 Å². The molecule has 0 fully saturated rings. The van der Waals surface area contributed by atoms with Gasteiger partial charge in [0.05, 0.1) is 11.5 Å². The Morgan fingerprint density at radius 1 is 1.19 bits per heavy atom. The third-order valence-corrected chi connectivity index (χ3v) is 3.35. The van der Waals surface area contributed by atoms with E-state index < -0.39 is 0 Å². The van der Waals surface area contributed by atoms with Crippen LogP contribution in [0.3, 0.4) is 0 Å². The van der Waals surface area contributed by atoms with Crippen molar-refractivity contribution in [2.75, 3.05) is 18.5 Å². The molecular formula is C14H17FN4OS. The highest BCUT2D eigenvalue weighted by Crippen LogP contribution is 2.28. The number of hydrogen-bond acceptors (Lipinski definition) is 6. The van der Waals surface area contributed by atoms with Gasteiger partial charge in [-0.15, -0.1) is 0 Å². The van der Waals surface area contributed by atoms with E-state index >= 15 is 0 Å². The molecule has 0 saturated carbocycles. The number of nitrogens with zero attached hydrogens (tertiary/aromatic N) is 3. The first-order valence-electron chi connectivity index (χ1n) is 6.78. The van der Waals surface area contributed by atoms with Crippen molar-refractivity contribution in [3.8, 4) is 6.01 Å².